The number of benzene rings is 1. The molecule has 5 nitrogen and oxygen atoms in total. The molecule has 1 amide bonds. The van der Waals surface area contributed by atoms with Crippen molar-refractivity contribution in [1.29, 1.82) is 0 Å². The van der Waals surface area contributed by atoms with Crippen molar-refractivity contribution < 1.29 is 4.79 Å². The number of rotatable bonds is 5. The van der Waals surface area contributed by atoms with Crippen molar-refractivity contribution in [1.82, 2.24) is 15.3 Å². The minimum Gasteiger partial charge on any atom is -0.350 e. The van der Waals surface area contributed by atoms with Gasteiger partial charge in [-0.15, -0.1) is 0 Å². The van der Waals surface area contributed by atoms with Gasteiger partial charge in [0.05, 0.1) is 0 Å². The highest BCUT2D eigenvalue weighted by molar-refractivity contribution is 6.31. The van der Waals surface area contributed by atoms with Crippen molar-refractivity contribution >= 4 is 23.5 Å². The molecule has 1 aromatic carbocycles. The van der Waals surface area contributed by atoms with Gasteiger partial charge in [0.1, 0.15) is 5.69 Å². The van der Waals surface area contributed by atoms with E-state index in [1.807, 2.05) is 38.1 Å². The maximum Gasteiger partial charge on any atom is 0.270 e. The SMILES string of the molecule is CC(C)NC(=O)c1ccnc(NCc2ccccc2Cl)n1. The van der Waals surface area contributed by atoms with Crippen LogP contribution < -0.4 is 10.6 Å². The smallest absolute Gasteiger partial charge is 0.270 e. The van der Waals surface area contributed by atoms with Gasteiger partial charge in [0, 0.05) is 23.8 Å². The van der Waals surface area contributed by atoms with Gasteiger partial charge < -0.3 is 10.6 Å². The molecule has 110 valence electrons. The fraction of sp³-hybridized carbons (Fsp3) is 0.267. The summed E-state index contributed by atoms with van der Waals surface area (Å²) in [5, 5.41) is 6.53. The van der Waals surface area contributed by atoms with Crippen molar-refractivity contribution in [2.45, 2.75) is 26.4 Å². The highest BCUT2D eigenvalue weighted by Crippen LogP contribution is 2.15. The van der Waals surface area contributed by atoms with E-state index >= 15 is 0 Å². The lowest BCUT2D eigenvalue weighted by atomic mass is 10.2. The first kappa shape index (κ1) is 15.3. The van der Waals surface area contributed by atoms with Gasteiger partial charge in [0.25, 0.3) is 5.91 Å². The van der Waals surface area contributed by atoms with Crippen molar-refractivity contribution in [2.75, 3.05) is 5.32 Å². The molecule has 1 aromatic heterocycles. The Labute approximate surface area is 128 Å². The van der Waals surface area contributed by atoms with E-state index in [2.05, 4.69) is 20.6 Å². The minimum absolute atomic E-state index is 0.0620. The van der Waals surface area contributed by atoms with Gasteiger partial charge in [-0.05, 0) is 31.5 Å². The monoisotopic (exact) mass is 304 g/mol. The molecule has 2 rings (SSSR count). The lowest BCUT2D eigenvalue weighted by Gasteiger charge is -2.09. The lowest BCUT2D eigenvalue weighted by Crippen LogP contribution is -2.30. The first-order valence-electron chi connectivity index (χ1n) is 6.67. The van der Waals surface area contributed by atoms with Gasteiger partial charge in [-0.3, -0.25) is 4.79 Å². The summed E-state index contributed by atoms with van der Waals surface area (Å²) in [6, 6.07) is 9.18. The van der Waals surface area contributed by atoms with Crippen LogP contribution in [0.5, 0.6) is 0 Å². The second-order valence-electron chi connectivity index (χ2n) is 4.84. The molecule has 0 unspecified atom stereocenters. The van der Waals surface area contributed by atoms with Gasteiger partial charge in [-0.2, -0.15) is 0 Å². The van der Waals surface area contributed by atoms with Crippen LogP contribution in [-0.4, -0.2) is 21.9 Å². The number of amides is 1. The number of anilines is 1. The van der Waals surface area contributed by atoms with E-state index in [4.69, 9.17) is 11.6 Å². The Balaban J connectivity index is 2.04. The third-order valence-electron chi connectivity index (χ3n) is 2.70. The van der Waals surface area contributed by atoms with E-state index in [-0.39, 0.29) is 11.9 Å². The highest BCUT2D eigenvalue weighted by atomic mass is 35.5. The Morgan fingerprint density at radius 3 is 2.76 bits per heavy atom. The lowest BCUT2D eigenvalue weighted by molar-refractivity contribution is 0.0938. The number of nitrogens with one attached hydrogen (secondary N) is 2. The van der Waals surface area contributed by atoms with Crippen molar-refractivity contribution in [3.05, 3.63) is 52.8 Å². The predicted octanol–water partition coefficient (Wildman–Crippen LogP) is 2.88. The van der Waals surface area contributed by atoms with Crippen LogP contribution in [0.4, 0.5) is 5.95 Å². The number of hydrogen-bond donors (Lipinski definition) is 2. The van der Waals surface area contributed by atoms with E-state index in [1.165, 1.54) is 0 Å². The maximum atomic E-state index is 11.9. The molecule has 2 N–H and O–H groups in total. The number of nitrogens with zero attached hydrogens (tertiary/aromatic N) is 2. The summed E-state index contributed by atoms with van der Waals surface area (Å²) in [4.78, 5) is 20.2. The first-order chi connectivity index (χ1) is 10.1. The molecular weight excluding hydrogens is 288 g/mol. The fourth-order valence-electron chi connectivity index (χ4n) is 1.72. The molecule has 2 aromatic rings. The molecule has 0 atom stereocenters. The van der Waals surface area contributed by atoms with Crippen LogP contribution in [0.15, 0.2) is 36.5 Å². The zero-order valence-electron chi connectivity index (χ0n) is 11.9. The number of halogens is 1. The molecular formula is C15H17ClN4O. The van der Waals surface area contributed by atoms with Gasteiger partial charge in [0.15, 0.2) is 0 Å². The van der Waals surface area contributed by atoms with Crippen LogP contribution in [0.25, 0.3) is 0 Å². The molecule has 0 saturated heterocycles. The molecule has 1 heterocycles. The van der Waals surface area contributed by atoms with Crippen molar-refractivity contribution in [2.24, 2.45) is 0 Å². The zero-order valence-corrected chi connectivity index (χ0v) is 12.7. The third-order valence-corrected chi connectivity index (χ3v) is 3.07. The van der Waals surface area contributed by atoms with Crippen LogP contribution in [0, 0.1) is 0 Å². The summed E-state index contributed by atoms with van der Waals surface area (Å²) in [7, 11) is 0. The minimum atomic E-state index is -0.215. The summed E-state index contributed by atoms with van der Waals surface area (Å²) in [5.74, 6) is 0.180. The Kier molecular flexibility index (Phi) is 5.11. The summed E-state index contributed by atoms with van der Waals surface area (Å²) < 4.78 is 0. The van der Waals surface area contributed by atoms with Crippen LogP contribution >= 0.6 is 11.6 Å². The number of hydrogen-bond acceptors (Lipinski definition) is 4. The van der Waals surface area contributed by atoms with E-state index < -0.39 is 0 Å². The van der Waals surface area contributed by atoms with Crippen molar-refractivity contribution in [3.8, 4) is 0 Å². The van der Waals surface area contributed by atoms with E-state index in [1.54, 1.807) is 12.3 Å². The summed E-state index contributed by atoms with van der Waals surface area (Å²) in [6.07, 6.45) is 1.55. The second kappa shape index (κ2) is 7.04. The molecule has 0 aliphatic carbocycles. The van der Waals surface area contributed by atoms with Gasteiger partial charge in [-0.25, -0.2) is 9.97 Å². The summed E-state index contributed by atoms with van der Waals surface area (Å²) in [5.41, 5.74) is 1.28. The number of carbonyl (C=O) groups is 1. The summed E-state index contributed by atoms with van der Waals surface area (Å²) >= 11 is 6.08. The van der Waals surface area contributed by atoms with Crippen LogP contribution in [0.3, 0.4) is 0 Å². The quantitative estimate of drug-likeness (QED) is 0.891. The van der Waals surface area contributed by atoms with E-state index in [9.17, 15) is 4.79 Å². The summed E-state index contributed by atoms with van der Waals surface area (Å²) in [6.45, 7) is 4.29. The maximum absolute atomic E-state index is 11.9. The molecule has 0 spiro atoms. The fourth-order valence-corrected chi connectivity index (χ4v) is 1.93. The zero-order chi connectivity index (χ0) is 15.2. The average molecular weight is 305 g/mol. The predicted molar refractivity (Wildman–Crippen MR) is 83.4 cm³/mol. The Morgan fingerprint density at radius 2 is 2.05 bits per heavy atom. The van der Waals surface area contributed by atoms with Gasteiger partial charge >= 0.3 is 0 Å². The molecule has 0 aliphatic heterocycles. The topological polar surface area (TPSA) is 66.9 Å². The van der Waals surface area contributed by atoms with Crippen LogP contribution in [-0.2, 0) is 6.54 Å². The Bertz CT molecular complexity index is 631. The van der Waals surface area contributed by atoms with Gasteiger partial charge in [-0.1, -0.05) is 29.8 Å². The normalized spacial score (nSPS) is 10.5. The number of aromatic nitrogens is 2. The van der Waals surface area contributed by atoms with Gasteiger partial charge in [0.2, 0.25) is 5.95 Å². The molecule has 0 aliphatic rings. The average Bonchev–Trinajstić information content (AvgIpc) is 2.46. The van der Waals surface area contributed by atoms with Crippen LogP contribution in [0.2, 0.25) is 5.02 Å². The molecule has 6 heteroatoms. The Hall–Kier alpha value is -2.14. The number of carbonyl (C=O) groups excluding carboxylic acids is 1. The standard InChI is InChI=1S/C15H17ClN4O/c1-10(2)19-14(21)13-7-8-17-15(20-13)18-9-11-5-3-4-6-12(11)16/h3-8,10H,9H2,1-2H3,(H,19,21)(H,17,18,20). The largest absolute Gasteiger partial charge is 0.350 e. The highest BCUT2D eigenvalue weighted by Gasteiger charge is 2.09. The second-order valence-corrected chi connectivity index (χ2v) is 5.25. The molecule has 0 saturated carbocycles. The van der Waals surface area contributed by atoms with Crippen LogP contribution in [0.1, 0.15) is 29.9 Å². The molecule has 0 bridgehead atoms. The van der Waals surface area contributed by atoms with Crippen molar-refractivity contribution in [3.63, 3.8) is 0 Å². The molecule has 0 fully saturated rings. The molecule has 0 radical (unpaired) electrons. The first-order valence-corrected chi connectivity index (χ1v) is 7.05. The third kappa shape index (κ3) is 4.43. The van der Waals surface area contributed by atoms with E-state index in [0.717, 1.165) is 5.56 Å². The molecule has 21 heavy (non-hydrogen) atoms. The van der Waals surface area contributed by atoms with E-state index in [0.29, 0.717) is 23.2 Å². The Morgan fingerprint density at radius 1 is 1.29 bits per heavy atom.